The third-order valence-electron chi connectivity index (χ3n) is 4.77. The lowest BCUT2D eigenvalue weighted by molar-refractivity contribution is -0.132. The van der Waals surface area contributed by atoms with Gasteiger partial charge in [-0.15, -0.1) is 0 Å². The van der Waals surface area contributed by atoms with E-state index in [1.54, 1.807) is 4.90 Å². The normalized spacial score (nSPS) is 18.0. The zero-order chi connectivity index (χ0) is 16.9. The summed E-state index contributed by atoms with van der Waals surface area (Å²) in [6, 6.07) is 14.9. The van der Waals surface area contributed by atoms with Gasteiger partial charge in [-0.1, -0.05) is 30.3 Å². The Hall–Kier alpha value is -2.07. The van der Waals surface area contributed by atoms with E-state index in [0.717, 1.165) is 24.5 Å². The van der Waals surface area contributed by atoms with Crippen LogP contribution in [0.2, 0.25) is 0 Å². The maximum atomic E-state index is 12.6. The Balaban J connectivity index is 1.54. The molecule has 0 saturated carbocycles. The Morgan fingerprint density at radius 2 is 2.04 bits per heavy atom. The van der Waals surface area contributed by atoms with Crippen molar-refractivity contribution >= 4 is 5.91 Å². The molecule has 1 aliphatic heterocycles. The number of likely N-dealkylation sites (N-methyl/N-ethyl adjacent to an activating group) is 1. The number of amides is 1. The number of aryl methyl sites for hydroxylation is 1. The molecule has 1 unspecified atom stereocenters. The van der Waals surface area contributed by atoms with Crippen molar-refractivity contribution in [2.24, 2.45) is 0 Å². The predicted octanol–water partition coefficient (Wildman–Crippen LogP) is 3.25. The fourth-order valence-corrected chi connectivity index (χ4v) is 3.41. The van der Waals surface area contributed by atoms with E-state index in [9.17, 15) is 4.79 Å². The second-order valence-corrected chi connectivity index (χ2v) is 6.72. The van der Waals surface area contributed by atoms with E-state index < -0.39 is 0 Å². The Bertz CT molecular complexity index is 665. The zero-order valence-electron chi connectivity index (χ0n) is 14.6. The van der Waals surface area contributed by atoms with Crippen molar-refractivity contribution in [2.75, 3.05) is 20.1 Å². The minimum atomic E-state index is 0.156. The van der Waals surface area contributed by atoms with E-state index >= 15 is 0 Å². The first-order valence-electron chi connectivity index (χ1n) is 8.69. The highest BCUT2D eigenvalue weighted by atomic mass is 16.3. The van der Waals surface area contributed by atoms with Gasteiger partial charge in [0.15, 0.2) is 0 Å². The van der Waals surface area contributed by atoms with Gasteiger partial charge in [-0.3, -0.25) is 9.69 Å². The molecule has 4 heteroatoms. The van der Waals surface area contributed by atoms with E-state index in [-0.39, 0.29) is 5.91 Å². The number of benzene rings is 1. The summed E-state index contributed by atoms with van der Waals surface area (Å²) in [5.41, 5.74) is 1.35. The topological polar surface area (TPSA) is 36.7 Å². The first-order valence-corrected chi connectivity index (χ1v) is 8.69. The highest BCUT2D eigenvalue weighted by Gasteiger charge is 2.27. The molecule has 2 aromatic rings. The smallest absolute Gasteiger partial charge is 0.236 e. The second kappa shape index (κ2) is 7.67. The van der Waals surface area contributed by atoms with Crippen molar-refractivity contribution in [2.45, 2.75) is 38.8 Å². The number of likely N-dealkylation sites (tertiary alicyclic amines) is 1. The first-order chi connectivity index (χ1) is 11.6. The van der Waals surface area contributed by atoms with Crippen LogP contribution in [0.5, 0.6) is 0 Å². The fourth-order valence-electron chi connectivity index (χ4n) is 3.41. The predicted molar refractivity (Wildman–Crippen MR) is 94.7 cm³/mol. The van der Waals surface area contributed by atoms with Gasteiger partial charge in [0, 0.05) is 13.1 Å². The molecule has 1 atom stereocenters. The monoisotopic (exact) mass is 326 g/mol. The van der Waals surface area contributed by atoms with Crippen LogP contribution in [0.3, 0.4) is 0 Å². The molecule has 1 amide bonds. The minimum absolute atomic E-state index is 0.156. The molecule has 2 heterocycles. The summed E-state index contributed by atoms with van der Waals surface area (Å²) in [5.74, 6) is 1.88. The Labute approximate surface area is 144 Å². The number of furan rings is 1. The van der Waals surface area contributed by atoms with Crippen LogP contribution in [0.25, 0.3) is 0 Å². The van der Waals surface area contributed by atoms with Crippen molar-refractivity contribution in [1.82, 2.24) is 9.80 Å². The summed E-state index contributed by atoms with van der Waals surface area (Å²) < 4.78 is 5.57. The van der Waals surface area contributed by atoms with Crippen molar-refractivity contribution in [1.29, 1.82) is 0 Å². The van der Waals surface area contributed by atoms with E-state index in [4.69, 9.17) is 4.42 Å². The van der Waals surface area contributed by atoms with E-state index in [0.29, 0.717) is 19.1 Å². The summed E-state index contributed by atoms with van der Waals surface area (Å²) in [6.07, 6.45) is 3.37. The summed E-state index contributed by atoms with van der Waals surface area (Å²) in [4.78, 5) is 16.6. The fraction of sp³-hybridized carbons (Fsp3) is 0.450. The maximum absolute atomic E-state index is 12.6. The molecule has 128 valence electrons. The maximum Gasteiger partial charge on any atom is 0.236 e. The van der Waals surface area contributed by atoms with Gasteiger partial charge in [-0.05, 0) is 50.4 Å². The molecule has 0 aliphatic carbocycles. The third kappa shape index (κ3) is 4.26. The Morgan fingerprint density at radius 1 is 1.25 bits per heavy atom. The van der Waals surface area contributed by atoms with Crippen LogP contribution in [0.15, 0.2) is 46.9 Å². The van der Waals surface area contributed by atoms with Crippen LogP contribution in [-0.4, -0.2) is 41.9 Å². The number of nitrogens with zero attached hydrogens (tertiary/aromatic N) is 2. The van der Waals surface area contributed by atoms with Crippen molar-refractivity contribution in [3.63, 3.8) is 0 Å². The van der Waals surface area contributed by atoms with Gasteiger partial charge in [0.2, 0.25) is 5.91 Å². The lowest BCUT2D eigenvalue weighted by Gasteiger charge is -2.26. The van der Waals surface area contributed by atoms with Crippen molar-refractivity contribution < 1.29 is 9.21 Å². The summed E-state index contributed by atoms with van der Waals surface area (Å²) in [5, 5.41) is 0. The molecular formula is C20H26N2O2. The second-order valence-electron chi connectivity index (χ2n) is 6.72. The van der Waals surface area contributed by atoms with Crippen LogP contribution >= 0.6 is 0 Å². The van der Waals surface area contributed by atoms with Crippen molar-refractivity contribution in [3.8, 4) is 0 Å². The molecule has 3 rings (SSSR count). The lowest BCUT2D eigenvalue weighted by Crippen LogP contribution is -2.41. The highest BCUT2D eigenvalue weighted by Crippen LogP contribution is 2.21. The molecule has 4 nitrogen and oxygen atoms in total. The molecule has 0 N–H and O–H groups in total. The molecule has 1 aliphatic rings. The quantitative estimate of drug-likeness (QED) is 0.817. The van der Waals surface area contributed by atoms with E-state index in [2.05, 4.69) is 29.2 Å². The van der Waals surface area contributed by atoms with Gasteiger partial charge in [0.1, 0.15) is 11.5 Å². The zero-order valence-corrected chi connectivity index (χ0v) is 14.6. The van der Waals surface area contributed by atoms with E-state index in [1.165, 1.54) is 18.4 Å². The van der Waals surface area contributed by atoms with Gasteiger partial charge in [0.25, 0.3) is 0 Å². The molecule has 0 spiro atoms. The molecule has 1 saturated heterocycles. The van der Waals surface area contributed by atoms with Gasteiger partial charge in [-0.25, -0.2) is 0 Å². The largest absolute Gasteiger partial charge is 0.464 e. The lowest BCUT2D eigenvalue weighted by atomic mass is 10.0. The van der Waals surface area contributed by atoms with Gasteiger partial charge < -0.3 is 9.32 Å². The molecule has 24 heavy (non-hydrogen) atoms. The SMILES string of the molecule is Cc1ccc(CN(C)C(=O)CN2CCCC2Cc2ccccc2)o1. The van der Waals surface area contributed by atoms with E-state index in [1.807, 2.05) is 32.2 Å². The van der Waals surface area contributed by atoms with Gasteiger partial charge in [-0.2, -0.15) is 0 Å². The average Bonchev–Trinajstić information content (AvgIpc) is 3.17. The van der Waals surface area contributed by atoms with Crippen LogP contribution in [0.1, 0.15) is 29.9 Å². The molecule has 0 radical (unpaired) electrons. The van der Waals surface area contributed by atoms with Crippen LogP contribution in [-0.2, 0) is 17.8 Å². The average molecular weight is 326 g/mol. The molecule has 1 aromatic carbocycles. The number of carbonyl (C=O) groups is 1. The Morgan fingerprint density at radius 3 is 2.75 bits per heavy atom. The Kier molecular flexibility index (Phi) is 5.36. The molecule has 1 fully saturated rings. The first kappa shape index (κ1) is 16.8. The summed E-state index contributed by atoms with van der Waals surface area (Å²) in [6.45, 7) is 3.96. The van der Waals surface area contributed by atoms with Crippen LogP contribution in [0.4, 0.5) is 0 Å². The number of hydrogen-bond acceptors (Lipinski definition) is 3. The highest BCUT2D eigenvalue weighted by molar-refractivity contribution is 5.78. The molecule has 0 bridgehead atoms. The minimum Gasteiger partial charge on any atom is -0.464 e. The number of carbonyl (C=O) groups excluding carboxylic acids is 1. The van der Waals surface area contributed by atoms with Gasteiger partial charge >= 0.3 is 0 Å². The van der Waals surface area contributed by atoms with Crippen LogP contribution in [0, 0.1) is 6.92 Å². The van der Waals surface area contributed by atoms with Gasteiger partial charge in [0.05, 0.1) is 13.1 Å². The molecular weight excluding hydrogens is 300 g/mol. The third-order valence-corrected chi connectivity index (χ3v) is 4.77. The standard InChI is InChI=1S/C20H26N2O2/c1-16-10-11-19(24-16)14-21(2)20(23)15-22-12-6-9-18(22)13-17-7-4-3-5-8-17/h3-5,7-8,10-11,18H,6,9,12-15H2,1-2H3. The molecule has 1 aromatic heterocycles. The van der Waals surface area contributed by atoms with Crippen LogP contribution < -0.4 is 0 Å². The van der Waals surface area contributed by atoms with Crippen molar-refractivity contribution in [3.05, 3.63) is 59.5 Å². The summed E-state index contributed by atoms with van der Waals surface area (Å²) in [7, 11) is 1.85. The number of hydrogen-bond donors (Lipinski definition) is 0. The summed E-state index contributed by atoms with van der Waals surface area (Å²) >= 11 is 0. The number of rotatable bonds is 6.